The molecule has 2 fully saturated rings. The highest BCUT2D eigenvalue weighted by molar-refractivity contribution is 4.78. The van der Waals surface area contributed by atoms with Crippen molar-refractivity contribution < 1.29 is 4.74 Å². The first-order valence-corrected chi connectivity index (χ1v) is 6.39. The molecule has 0 spiro atoms. The third-order valence-electron chi connectivity index (χ3n) is 3.62. The molecule has 1 heterocycles. The van der Waals surface area contributed by atoms with Gasteiger partial charge in [0, 0.05) is 18.6 Å². The fourth-order valence-corrected chi connectivity index (χ4v) is 2.35. The topological polar surface area (TPSA) is 33.3 Å². The SMILES string of the molecule is CC(CC1COCCN1)NCC1CCC1. The fraction of sp³-hybridized carbons (Fsp3) is 1.00. The molecular formula is C12H24N2O. The van der Waals surface area contributed by atoms with E-state index in [0.29, 0.717) is 12.1 Å². The Bertz CT molecular complexity index is 176. The lowest BCUT2D eigenvalue weighted by atomic mass is 9.85. The van der Waals surface area contributed by atoms with Gasteiger partial charge in [0.1, 0.15) is 0 Å². The van der Waals surface area contributed by atoms with Crippen LogP contribution in [0.5, 0.6) is 0 Å². The van der Waals surface area contributed by atoms with Crippen molar-refractivity contribution >= 4 is 0 Å². The van der Waals surface area contributed by atoms with E-state index < -0.39 is 0 Å². The van der Waals surface area contributed by atoms with Gasteiger partial charge in [-0.05, 0) is 38.6 Å². The Morgan fingerprint density at radius 2 is 2.33 bits per heavy atom. The minimum Gasteiger partial charge on any atom is -0.379 e. The van der Waals surface area contributed by atoms with E-state index in [0.717, 1.165) is 25.7 Å². The molecule has 2 atom stereocenters. The Hall–Kier alpha value is -0.120. The van der Waals surface area contributed by atoms with E-state index in [2.05, 4.69) is 17.6 Å². The first-order chi connectivity index (χ1) is 7.34. The molecule has 0 radical (unpaired) electrons. The molecule has 1 aliphatic heterocycles. The quantitative estimate of drug-likeness (QED) is 0.717. The summed E-state index contributed by atoms with van der Waals surface area (Å²) in [6.45, 7) is 6.28. The zero-order valence-electron chi connectivity index (χ0n) is 9.80. The molecule has 3 nitrogen and oxygen atoms in total. The summed E-state index contributed by atoms with van der Waals surface area (Å²) in [4.78, 5) is 0. The van der Waals surface area contributed by atoms with Crippen molar-refractivity contribution in [1.82, 2.24) is 10.6 Å². The van der Waals surface area contributed by atoms with Crippen molar-refractivity contribution in [3.05, 3.63) is 0 Å². The van der Waals surface area contributed by atoms with Crippen molar-refractivity contribution in [2.24, 2.45) is 5.92 Å². The van der Waals surface area contributed by atoms with Crippen molar-refractivity contribution in [2.75, 3.05) is 26.3 Å². The molecule has 0 aromatic carbocycles. The second kappa shape index (κ2) is 5.83. The standard InChI is InChI=1S/C12H24N2O/c1-10(14-8-11-3-2-4-11)7-12-9-15-6-5-13-12/h10-14H,2-9H2,1H3. The second-order valence-electron chi connectivity index (χ2n) is 5.07. The van der Waals surface area contributed by atoms with Gasteiger partial charge in [-0.2, -0.15) is 0 Å². The van der Waals surface area contributed by atoms with Gasteiger partial charge in [0.25, 0.3) is 0 Å². The van der Waals surface area contributed by atoms with E-state index in [-0.39, 0.29) is 0 Å². The first kappa shape index (κ1) is 11.4. The number of hydrogen-bond acceptors (Lipinski definition) is 3. The lowest BCUT2D eigenvalue weighted by Crippen LogP contribution is -2.45. The third-order valence-corrected chi connectivity index (χ3v) is 3.62. The molecule has 0 aromatic heterocycles. The third kappa shape index (κ3) is 3.74. The van der Waals surface area contributed by atoms with Crippen LogP contribution in [-0.4, -0.2) is 38.4 Å². The van der Waals surface area contributed by atoms with Gasteiger partial charge in [0.05, 0.1) is 13.2 Å². The normalized spacial score (nSPS) is 29.8. The molecule has 0 amide bonds. The van der Waals surface area contributed by atoms with E-state index in [4.69, 9.17) is 4.74 Å². The largest absolute Gasteiger partial charge is 0.379 e. The van der Waals surface area contributed by atoms with E-state index in [1.165, 1.54) is 32.2 Å². The van der Waals surface area contributed by atoms with Crippen LogP contribution in [0.2, 0.25) is 0 Å². The summed E-state index contributed by atoms with van der Waals surface area (Å²) in [6, 6.07) is 1.17. The van der Waals surface area contributed by atoms with Crippen molar-refractivity contribution in [1.29, 1.82) is 0 Å². The molecule has 3 heteroatoms. The summed E-state index contributed by atoms with van der Waals surface area (Å²) in [6.07, 6.45) is 5.50. The van der Waals surface area contributed by atoms with Crippen LogP contribution in [0.1, 0.15) is 32.6 Å². The van der Waals surface area contributed by atoms with Gasteiger partial charge in [-0.15, -0.1) is 0 Å². The Labute approximate surface area is 93.0 Å². The predicted octanol–water partition coefficient (Wildman–Crippen LogP) is 1.14. The van der Waals surface area contributed by atoms with Crippen LogP contribution >= 0.6 is 0 Å². The van der Waals surface area contributed by atoms with Crippen LogP contribution in [0.3, 0.4) is 0 Å². The molecule has 2 aliphatic rings. The van der Waals surface area contributed by atoms with Gasteiger partial charge >= 0.3 is 0 Å². The molecule has 2 N–H and O–H groups in total. The molecule has 1 saturated heterocycles. The summed E-state index contributed by atoms with van der Waals surface area (Å²) in [7, 11) is 0. The fourth-order valence-electron chi connectivity index (χ4n) is 2.35. The number of nitrogens with one attached hydrogen (secondary N) is 2. The Balaban J connectivity index is 1.56. The highest BCUT2D eigenvalue weighted by Crippen LogP contribution is 2.25. The summed E-state index contributed by atoms with van der Waals surface area (Å²) in [5.74, 6) is 0.961. The highest BCUT2D eigenvalue weighted by atomic mass is 16.5. The average Bonchev–Trinajstić information content (AvgIpc) is 2.17. The molecule has 2 rings (SSSR count). The molecule has 1 saturated carbocycles. The minimum atomic E-state index is 0.558. The average molecular weight is 212 g/mol. The maximum Gasteiger partial charge on any atom is 0.0620 e. The van der Waals surface area contributed by atoms with Gasteiger partial charge in [-0.25, -0.2) is 0 Å². The lowest BCUT2D eigenvalue weighted by Gasteiger charge is -2.30. The van der Waals surface area contributed by atoms with E-state index in [1.54, 1.807) is 0 Å². The zero-order valence-corrected chi connectivity index (χ0v) is 9.80. The monoisotopic (exact) mass is 212 g/mol. The Morgan fingerprint density at radius 1 is 1.47 bits per heavy atom. The minimum absolute atomic E-state index is 0.558. The van der Waals surface area contributed by atoms with Gasteiger partial charge in [0.2, 0.25) is 0 Å². The maximum absolute atomic E-state index is 5.45. The summed E-state index contributed by atoms with van der Waals surface area (Å²) in [5, 5.41) is 7.14. The van der Waals surface area contributed by atoms with Gasteiger partial charge in [-0.3, -0.25) is 0 Å². The molecule has 0 bridgehead atoms. The van der Waals surface area contributed by atoms with E-state index in [1.807, 2.05) is 0 Å². The molecule has 15 heavy (non-hydrogen) atoms. The van der Waals surface area contributed by atoms with Gasteiger partial charge < -0.3 is 15.4 Å². The number of morpholine rings is 1. The van der Waals surface area contributed by atoms with Crippen molar-refractivity contribution in [3.63, 3.8) is 0 Å². The van der Waals surface area contributed by atoms with Crippen LogP contribution in [0.4, 0.5) is 0 Å². The van der Waals surface area contributed by atoms with E-state index in [9.17, 15) is 0 Å². The molecule has 2 unspecified atom stereocenters. The van der Waals surface area contributed by atoms with Crippen LogP contribution in [0.25, 0.3) is 0 Å². The second-order valence-corrected chi connectivity index (χ2v) is 5.07. The van der Waals surface area contributed by atoms with Crippen molar-refractivity contribution in [2.45, 2.75) is 44.7 Å². The van der Waals surface area contributed by atoms with Crippen LogP contribution in [-0.2, 0) is 4.74 Å². The maximum atomic E-state index is 5.45. The molecule has 0 aromatic rings. The lowest BCUT2D eigenvalue weighted by molar-refractivity contribution is 0.0709. The van der Waals surface area contributed by atoms with Gasteiger partial charge in [0.15, 0.2) is 0 Å². The van der Waals surface area contributed by atoms with Crippen LogP contribution in [0, 0.1) is 5.92 Å². The Kier molecular flexibility index (Phi) is 4.42. The van der Waals surface area contributed by atoms with E-state index >= 15 is 0 Å². The predicted molar refractivity (Wildman–Crippen MR) is 62.0 cm³/mol. The first-order valence-electron chi connectivity index (χ1n) is 6.39. The Morgan fingerprint density at radius 3 is 2.93 bits per heavy atom. The smallest absolute Gasteiger partial charge is 0.0620 e. The van der Waals surface area contributed by atoms with Crippen molar-refractivity contribution in [3.8, 4) is 0 Å². The highest BCUT2D eigenvalue weighted by Gasteiger charge is 2.19. The molecule has 88 valence electrons. The summed E-state index contributed by atoms with van der Waals surface area (Å²) in [5.41, 5.74) is 0. The number of rotatable bonds is 5. The summed E-state index contributed by atoms with van der Waals surface area (Å²) >= 11 is 0. The van der Waals surface area contributed by atoms with Crippen LogP contribution < -0.4 is 10.6 Å². The van der Waals surface area contributed by atoms with Gasteiger partial charge in [-0.1, -0.05) is 6.42 Å². The zero-order chi connectivity index (χ0) is 10.5. The summed E-state index contributed by atoms with van der Waals surface area (Å²) < 4.78 is 5.45. The van der Waals surface area contributed by atoms with Crippen LogP contribution in [0.15, 0.2) is 0 Å². The number of hydrogen-bond donors (Lipinski definition) is 2. The molecule has 1 aliphatic carbocycles. The molecular weight excluding hydrogens is 188 g/mol. The number of ether oxygens (including phenoxy) is 1.